The van der Waals surface area contributed by atoms with Gasteiger partial charge in [-0.25, -0.2) is 4.79 Å². The van der Waals surface area contributed by atoms with E-state index in [-0.39, 0.29) is 6.61 Å². The zero-order valence-electron chi connectivity index (χ0n) is 11.6. The highest BCUT2D eigenvalue weighted by Crippen LogP contribution is 2.25. The lowest BCUT2D eigenvalue weighted by Gasteiger charge is -2.23. The van der Waals surface area contributed by atoms with Crippen molar-refractivity contribution in [3.05, 3.63) is 48.0 Å². The Bertz CT molecular complexity index is 431. The second-order valence-electron chi connectivity index (χ2n) is 5.19. The molecule has 0 aromatic heterocycles. The Kier molecular flexibility index (Phi) is 5.12. The molecule has 0 spiro atoms. The van der Waals surface area contributed by atoms with E-state index < -0.39 is 17.9 Å². The normalized spacial score (nSPS) is 12.6. The predicted octanol–water partition coefficient (Wildman–Crippen LogP) is 3.23. The fraction of sp³-hybridized carbons (Fsp3) is 0.400. The number of hydrogen-bond acceptors (Lipinski definition) is 4. The summed E-state index contributed by atoms with van der Waals surface area (Å²) < 4.78 is 10.3. The number of hydrogen-bond donors (Lipinski definition) is 1. The molecule has 1 aromatic carbocycles. The van der Waals surface area contributed by atoms with Gasteiger partial charge < -0.3 is 14.6 Å². The van der Waals surface area contributed by atoms with Gasteiger partial charge in [0.15, 0.2) is 6.10 Å². The average Bonchev–Trinajstić information content (AvgIpc) is 2.34. The van der Waals surface area contributed by atoms with E-state index in [1.165, 1.54) is 0 Å². The molecule has 1 rings (SSSR count). The largest absolute Gasteiger partial charge is 0.509 e. The van der Waals surface area contributed by atoms with Crippen LogP contribution >= 0.6 is 0 Å². The van der Waals surface area contributed by atoms with Crippen LogP contribution in [0.2, 0.25) is 0 Å². The lowest BCUT2D eigenvalue weighted by Crippen LogP contribution is -2.26. The van der Waals surface area contributed by atoms with Crippen molar-refractivity contribution >= 4 is 6.16 Å². The Morgan fingerprint density at radius 1 is 1.32 bits per heavy atom. The SMILES string of the molecule is C=C(CO)C(OC(=O)OC(C)(C)C)c1ccccc1. The zero-order valence-corrected chi connectivity index (χ0v) is 11.6. The van der Waals surface area contributed by atoms with E-state index in [0.717, 1.165) is 5.56 Å². The molecule has 0 heterocycles. The van der Waals surface area contributed by atoms with Crippen molar-refractivity contribution in [2.45, 2.75) is 32.5 Å². The minimum absolute atomic E-state index is 0.262. The van der Waals surface area contributed by atoms with Crippen LogP contribution in [0.3, 0.4) is 0 Å². The molecule has 1 N–H and O–H groups in total. The summed E-state index contributed by atoms with van der Waals surface area (Å²) in [5, 5.41) is 9.18. The summed E-state index contributed by atoms with van der Waals surface area (Å²) in [5.41, 5.74) is 0.517. The van der Waals surface area contributed by atoms with Crippen LogP contribution in [-0.2, 0) is 9.47 Å². The van der Waals surface area contributed by atoms with Crippen LogP contribution in [0.4, 0.5) is 4.79 Å². The molecule has 1 aromatic rings. The van der Waals surface area contributed by atoms with Crippen molar-refractivity contribution in [2.75, 3.05) is 6.61 Å². The first kappa shape index (κ1) is 15.2. The fourth-order valence-corrected chi connectivity index (χ4v) is 1.47. The molecule has 0 amide bonds. The third-order valence-corrected chi connectivity index (χ3v) is 2.28. The Morgan fingerprint density at radius 3 is 2.37 bits per heavy atom. The summed E-state index contributed by atoms with van der Waals surface area (Å²) in [6.45, 7) is 8.72. The van der Waals surface area contributed by atoms with Gasteiger partial charge in [-0.2, -0.15) is 0 Å². The maximum Gasteiger partial charge on any atom is 0.509 e. The smallest absolute Gasteiger partial charge is 0.429 e. The Hall–Kier alpha value is -1.81. The number of aliphatic hydroxyl groups is 1. The summed E-state index contributed by atoms with van der Waals surface area (Å²) in [7, 11) is 0. The second-order valence-corrected chi connectivity index (χ2v) is 5.19. The van der Waals surface area contributed by atoms with E-state index in [4.69, 9.17) is 9.47 Å². The molecule has 0 aliphatic heterocycles. The van der Waals surface area contributed by atoms with E-state index >= 15 is 0 Å². The van der Waals surface area contributed by atoms with Crippen molar-refractivity contribution < 1.29 is 19.4 Å². The Balaban J connectivity index is 2.83. The summed E-state index contributed by atoms with van der Waals surface area (Å²) in [5.74, 6) is 0. The van der Waals surface area contributed by atoms with Gasteiger partial charge >= 0.3 is 6.16 Å². The second kappa shape index (κ2) is 6.38. The fourth-order valence-electron chi connectivity index (χ4n) is 1.47. The van der Waals surface area contributed by atoms with Crippen LogP contribution < -0.4 is 0 Å². The highest BCUT2D eigenvalue weighted by Gasteiger charge is 2.24. The number of carbonyl (C=O) groups is 1. The molecular formula is C15H20O4. The van der Waals surface area contributed by atoms with Gasteiger partial charge in [0.25, 0.3) is 0 Å². The third-order valence-electron chi connectivity index (χ3n) is 2.28. The zero-order chi connectivity index (χ0) is 14.5. The molecule has 104 valence electrons. The van der Waals surface area contributed by atoms with Gasteiger partial charge in [0.2, 0.25) is 0 Å². The van der Waals surface area contributed by atoms with Gasteiger partial charge in [0.1, 0.15) is 5.60 Å². The molecule has 1 unspecified atom stereocenters. The maximum absolute atomic E-state index is 11.7. The molecule has 1 atom stereocenters. The standard InChI is InChI=1S/C15H20O4/c1-11(10-16)13(12-8-6-5-7-9-12)18-14(17)19-15(2,3)4/h5-9,13,16H,1,10H2,2-4H3. The molecule has 4 nitrogen and oxygen atoms in total. The molecular weight excluding hydrogens is 244 g/mol. The van der Waals surface area contributed by atoms with Crippen molar-refractivity contribution in [2.24, 2.45) is 0 Å². The number of carbonyl (C=O) groups excluding carboxylic acids is 1. The van der Waals surface area contributed by atoms with E-state index in [0.29, 0.717) is 5.57 Å². The Labute approximate surface area is 113 Å². The van der Waals surface area contributed by atoms with E-state index in [2.05, 4.69) is 6.58 Å². The molecule has 0 saturated carbocycles. The molecule has 4 heteroatoms. The number of rotatable bonds is 4. The van der Waals surface area contributed by atoms with Gasteiger partial charge in [-0.05, 0) is 31.9 Å². The Morgan fingerprint density at radius 2 is 1.89 bits per heavy atom. The van der Waals surface area contributed by atoms with Crippen LogP contribution in [0.5, 0.6) is 0 Å². The van der Waals surface area contributed by atoms with Crippen molar-refractivity contribution in [3.63, 3.8) is 0 Å². The number of aliphatic hydroxyl groups excluding tert-OH is 1. The molecule has 0 fully saturated rings. The topological polar surface area (TPSA) is 55.8 Å². The number of benzene rings is 1. The van der Waals surface area contributed by atoms with Crippen molar-refractivity contribution in [3.8, 4) is 0 Å². The highest BCUT2D eigenvalue weighted by molar-refractivity contribution is 5.61. The molecule has 0 aliphatic rings. The van der Waals surface area contributed by atoms with Gasteiger partial charge in [-0.15, -0.1) is 0 Å². The van der Waals surface area contributed by atoms with Crippen LogP contribution in [0.15, 0.2) is 42.5 Å². The first-order valence-electron chi connectivity index (χ1n) is 6.06. The van der Waals surface area contributed by atoms with Gasteiger partial charge in [-0.1, -0.05) is 36.9 Å². The first-order chi connectivity index (χ1) is 8.83. The summed E-state index contributed by atoms with van der Waals surface area (Å²) in [6.07, 6.45) is -1.49. The molecule has 0 bridgehead atoms. The lowest BCUT2D eigenvalue weighted by atomic mass is 10.0. The quantitative estimate of drug-likeness (QED) is 0.670. The molecule has 19 heavy (non-hydrogen) atoms. The summed E-state index contributed by atoms with van der Waals surface area (Å²) in [4.78, 5) is 11.7. The summed E-state index contributed by atoms with van der Waals surface area (Å²) in [6, 6.07) is 9.11. The van der Waals surface area contributed by atoms with Crippen LogP contribution in [-0.4, -0.2) is 23.5 Å². The van der Waals surface area contributed by atoms with E-state index in [1.54, 1.807) is 32.9 Å². The van der Waals surface area contributed by atoms with Crippen LogP contribution in [0.1, 0.15) is 32.4 Å². The average molecular weight is 264 g/mol. The molecule has 0 saturated heterocycles. The minimum atomic E-state index is -0.782. The molecule has 0 radical (unpaired) electrons. The summed E-state index contributed by atoms with van der Waals surface area (Å²) >= 11 is 0. The van der Waals surface area contributed by atoms with Crippen LogP contribution in [0.25, 0.3) is 0 Å². The maximum atomic E-state index is 11.7. The first-order valence-corrected chi connectivity index (χ1v) is 6.06. The number of ether oxygens (including phenoxy) is 2. The van der Waals surface area contributed by atoms with Gasteiger partial charge in [0, 0.05) is 0 Å². The van der Waals surface area contributed by atoms with Gasteiger partial charge in [-0.3, -0.25) is 0 Å². The van der Waals surface area contributed by atoms with Gasteiger partial charge in [0.05, 0.1) is 6.61 Å². The lowest BCUT2D eigenvalue weighted by molar-refractivity contribution is -0.0220. The van der Waals surface area contributed by atoms with Crippen LogP contribution in [0, 0.1) is 0 Å². The monoisotopic (exact) mass is 264 g/mol. The van der Waals surface area contributed by atoms with E-state index in [9.17, 15) is 9.90 Å². The molecule has 0 aliphatic carbocycles. The van der Waals surface area contributed by atoms with E-state index in [1.807, 2.05) is 18.2 Å². The third kappa shape index (κ3) is 5.14. The minimum Gasteiger partial charge on any atom is -0.429 e. The van der Waals surface area contributed by atoms with Crippen molar-refractivity contribution in [1.29, 1.82) is 0 Å². The van der Waals surface area contributed by atoms with Crippen molar-refractivity contribution in [1.82, 2.24) is 0 Å². The predicted molar refractivity (Wildman–Crippen MR) is 72.7 cm³/mol. The highest BCUT2D eigenvalue weighted by atomic mass is 16.7.